The van der Waals surface area contributed by atoms with Crippen LogP contribution in [0.1, 0.15) is 74.7 Å². The SMILES string of the molecule is CCNc1ncc2c(n1)/C(=N/OCC(C)(C)CO/N=C1\CCCc3ccc(C)nc31)CCC2. The van der Waals surface area contributed by atoms with Gasteiger partial charge in [0.1, 0.15) is 24.6 Å². The van der Waals surface area contributed by atoms with E-state index in [-0.39, 0.29) is 5.41 Å². The lowest BCUT2D eigenvalue weighted by atomic mass is 9.94. The molecule has 0 saturated heterocycles. The van der Waals surface area contributed by atoms with Gasteiger partial charge in [0.2, 0.25) is 5.95 Å². The maximum atomic E-state index is 5.78. The molecule has 2 aromatic rings. The number of hydrogen-bond donors (Lipinski definition) is 1. The van der Waals surface area contributed by atoms with Gasteiger partial charge in [0.15, 0.2) is 0 Å². The van der Waals surface area contributed by atoms with Crippen molar-refractivity contribution in [1.82, 2.24) is 15.0 Å². The third-order valence-corrected chi connectivity index (χ3v) is 5.84. The maximum absolute atomic E-state index is 5.78. The molecule has 0 amide bonds. The zero-order valence-corrected chi connectivity index (χ0v) is 20.1. The molecule has 2 aliphatic carbocycles. The Morgan fingerprint density at radius 1 is 0.909 bits per heavy atom. The normalized spacial score (nSPS) is 18.1. The summed E-state index contributed by atoms with van der Waals surface area (Å²) in [4.78, 5) is 25.2. The van der Waals surface area contributed by atoms with Crippen molar-refractivity contribution in [3.8, 4) is 0 Å². The fraction of sp³-hybridized carbons (Fsp3) is 0.560. The summed E-state index contributed by atoms with van der Waals surface area (Å²) in [6, 6.07) is 4.21. The van der Waals surface area contributed by atoms with E-state index in [1.165, 1.54) is 5.56 Å². The second kappa shape index (κ2) is 10.3. The number of oxime groups is 2. The average molecular weight is 451 g/mol. The number of fused-ring (bicyclic) bond motifs is 2. The molecule has 0 aliphatic heterocycles. The molecule has 1 N–H and O–H groups in total. The van der Waals surface area contributed by atoms with Crippen LogP contribution >= 0.6 is 0 Å². The van der Waals surface area contributed by atoms with Crippen molar-refractivity contribution in [2.45, 2.75) is 66.2 Å². The highest BCUT2D eigenvalue weighted by Gasteiger charge is 2.24. The molecule has 0 radical (unpaired) electrons. The van der Waals surface area contributed by atoms with Gasteiger partial charge >= 0.3 is 0 Å². The smallest absolute Gasteiger partial charge is 0.223 e. The molecule has 0 atom stereocenters. The van der Waals surface area contributed by atoms with Crippen molar-refractivity contribution in [1.29, 1.82) is 0 Å². The number of anilines is 1. The summed E-state index contributed by atoms with van der Waals surface area (Å²) in [5.41, 5.74) is 6.83. The highest BCUT2D eigenvalue weighted by molar-refractivity contribution is 6.01. The van der Waals surface area contributed by atoms with Gasteiger partial charge in [0.25, 0.3) is 0 Å². The van der Waals surface area contributed by atoms with Gasteiger partial charge in [-0.05, 0) is 69.6 Å². The van der Waals surface area contributed by atoms with E-state index >= 15 is 0 Å². The number of aryl methyl sites for hydroxylation is 3. The predicted molar refractivity (Wildman–Crippen MR) is 130 cm³/mol. The van der Waals surface area contributed by atoms with Crippen LogP contribution in [0.15, 0.2) is 28.6 Å². The monoisotopic (exact) mass is 450 g/mol. The van der Waals surface area contributed by atoms with Crippen LogP contribution in [0.5, 0.6) is 0 Å². The van der Waals surface area contributed by atoms with E-state index < -0.39 is 0 Å². The first-order chi connectivity index (χ1) is 15.9. The van der Waals surface area contributed by atoms with Crippen LogP contribution in [0.2, 0.25) is 0 Å². The van der Waals surface area contributed by atoms with Crippen molar-refractivity contribution in [2.75, 3.05) is 25.1 Å². The van der Waals surface area contributed by atoms with Gasteiger partial charge in [-0.15, -0.1) is 0 Å². The topological polar surface area (TPSA) is 93.9 Å². The summed E-state index contributed by atoms with van der Waals surface area (Å²) in [5.74, 6) is 0.632. The lowest BCUT2D eigenvalue weighted by Crippen LogP contribution is -2.25. The molecule has 8 heteroatoms. The van der Waals surface area contributed by atoms with Crippen molar-refractivity contribution in [3.05, 3.63) is 46.5 Å². The molecule has 2 heterocycles. The molecule has 0 spiro atoms. The van der Waals surface area contributed by atoms with Gasteiger partial charge in [-0.3, -0.25) is 4.98 Å². The van der Waals surface area contributed by atoms with Crippen molar-refractivity contribution in [2.24, 2.45) is 15.7 Å². The Kier molecular flexibility index (Phi) is 7.20. The number of hydrogen-bond acceptors (Lipinski definition) is 8. The van der Waals surface area contributed by atoms with Crippen LogP contribution < -0.4 is 5.32 Å². The maximum Gasteiger partial charge on any atom is 0.223 e. The fourth-order valence-electron chi connectivity index (χ4n) is 4.04. The standard InChI is InChI=1S/C25H34N6O2/c1-5-26-24-27-14-19-9-7-11-21(23(19)29-24)31-33-16-25(3,4)15-32-30-20-10-6-8-18-13-12-17(2)28-22(18)20/h12-14H,5-11,15-16H2,1-4H3,(H,26,27,29)/b30-20+,31-21+. The predicted octanol–water partition coefficient (Wildman–Crippen LogP) is 4.45. The summed E-state index contributed by atoms with van der Waals surface area (Å²) < 4.78 is 0. The zero-order valence-electron chi connectivity index (χ0n) is 20.1. The second-order valence-corrected chi connectivity index (χ2v) is 9.55. The van der Waals surface area contributed by atoms with Crippen molar-refractivity contribution < 1.29 is 9.68 Å². The molecule has 176 valence electrons. The molecule has 2 aromatic heterocycles. The summed E-state index contributed by atoms with van der Waals surface area (Å²) in [6.07, 6.45) is 7.76. The third kappa shape index (κ3) is 5.86. The van der Waals surface area contributed by atoms with E-state index in [1.54, 1.807) is 0 Å². The molecule has 0 bridgehead atoms. The van der Waals surface area contributed by atoms with Crippen molar-refractivity contribution >= 4 is 17.4 Å². The zero-order chi connectivity index (χ0) is 23.3. The molecule has 0 aromatic carbocycles. The second-order valence-electron chi connectivity index (χ2n) is 9.55. The summed E-state index contributed by atoms with van der Waals surface area (Å²) in [5, 5.41) is 12.1. The van der Waals surface area contributed by atoms with Gasteiger partial charge in [-0.2, -0.15) is 0 Å². The highest BCUT2D eigenvalue weighted by Crippen LogP contribution is 2.23. The lowest BCUT2D eigenvalue weighted by Gasteiger charge is -2.23. The van der Waals surface area contributed by atoms with E-state index in [9.17, 15) is 0 Å². The molecule has 33 heavy (non-hydrogen) atoms. The van der Waals surface area contributed by atoms with Crippen LogP contribution in [-0.2, 0) is 22.5 Å². The Bertz CT molecular complexity index is 1050. The van der Waals surface area contributed by atoms with E-state index in [0.717, 1.165) is 79.1 Å². The fourth-order valence-corrected chi connectivity index (χ4v) is 4.04. The van der Waals surface area contributed by atoms with Crippen LogP contribution in [-0.4, -0.2) is 46.1 Å². The molecule has 8 nitrogen and oxygen atoms in total. The minimum Gasteiger partial charge on any atom is -0.395 e. The van der Waals surface area contributed by atoms with Gasteiger partial charge in [0.05, 0.1) is 11.4 Å². The van der Waals surface area contributed by atoms with E-state index in [4.69, 9.17) is 9.68 Å². The van der Waals surface area contributed by atoms with Crippen LogP contribution in [0, 0.1) is 12.3 Å². The Labute approximate surface area is 195 Å². The summed E-state index contributed by atoms with van der Waals surface area (Å²) >= 11 is 0. The number of aromatic nitrogens is 3. The van der Waals surface area contributed by atoms with Crippen LogP contribution in [0.3, 0.4) is 0 Å². The first-order valence-corrected chi connectivity index (χ1v) is 11.9. The Balaban J connectivity index is 1.35. The molecule has 0 unspecified atom stereocenters. The van der Waals surface area contributed by atoms with Crippen molar-refractivity contribution in [3.63, 3.8) is 0 Å². The molecule has 0 saturated carbocycles. The Hall–Kier alpha value is -3.03. The van der Waals surface area contributed by atoms with Crippen LogP contribution in [0.4, 0.5) is 5.95 Å². The number of pyridine rings is 1. The molecular weight excluding hydrogens is 416 g/mol. The van der Waals surface area contributed by atoms with E-state index in [0.29, 0.717) is 19.2 Å². The average Bonchev–Trinajstić information content (AvgIpc) is 2.79. The first-order valence-electron chi connectivity index (χ1n) is 11.9. The van der Waals surface area contributed by atoms with Gasteiger partial charge in [-0.1, -0.05) is 30.2 Å². The molecular formula is C25H34N6O2. The summed E-state index contributed by atoms with van der Waals surface area (Å²) in [6.45, 7) is 9.85. The number of nitrogens with one attached hydrogen (secondary N) is 1. The quantitative estimate of drug-likeness (QED) is 0.597. The molecule has 0 fully saturated rings. The molecule has 4 rings (SSSR count). The minimum absolute atomic E-state index is 0.246. The molecule has 2 aliphatic rings. The Morgan fingerprint density at radius 3 is 2.21 bits per heavy atom. The largest absolute Gasteiger partial charge is 0.395 e. The number of nitrogens with zero attached hydrogens (tertiary/aromatic N) is 5. The van der Waals surface area contributed by atoms with E-state index in [1.807, 2.05) is 20.0 Å². The number of rotatable bonds is 8. The van der Waals surface area contributed by atoms with Crippen LogP contribution in [0.25, 0.3) is 0 Å². The van der Waals surface area contributed by atoms with E-state index in [2.05, 4.69) is 56.6 Å². The lowest BCUT2D eigenvalue weighted by molar-refractivity contribution is -0.000311. The van der Waals surface area contributed by atoms with Gasteiger partial charge in [0, 0.05) is 23.9 Å². The highest BCUT2D eigenvalue weighted by atomic mass is 16.6. The third-order valence-electron chi connectivity index (χ3n) is 5.84. The first kappa shape index (κ1) is 23.1. The Morgan fingerprint density at radius 2 is 1.55 bits per heavy atom. The van der Waals surface area contributed by atoms with Gasteiger partial charge < -0.3 is 15.0 Å². The van der Waals surface area contributed by atoms with Gasteiger partial charge in [-0.25, -0.2) is 9.97 Å². The summed E-state index contributed by atoms with van der Waals surface area (Å²) in [7, 11) is 0. The minimum atomic E-state index is -0.246.